The summed E-state index contributed by atoms with van der Waals surface area (Å²) in [6.45, 7) is 6.59. The lowest BCUT2D eigenvalue weighted by Crippen LogP contribution is -2.40. The second kappa shape index (κ2) is 11.0. The third-order valence-corrected chi connectivity index (χ3v) is 6.86. The van der Waals surface area contributed by atoms with Gasteiger partial charge in [-0.25, -0.2) is 0 Å². The highest BCUT2D eigenvalue weighted by Gasteiger charge is 2.25. The van der Waals surface area contributed by atoms with Gasteiger partial charge in [0.25, 0.3) is 5.91 Å². The van der Waals surface area contributed by atoms with Crippen LogP contribution in [-0.4, -0.2) is 73.2 Å². The molecule has 1 atom stereocenters. The van der Waals surface area contributed by atoms with Crippen LogP contribution < -0.4 is 4.74 Å². The Bertz CT molecular complexity index is 1110. The van der Waals surface area contributed by atoms with Crippen molar-refractivity contribution in [1.29, 1.82) is 0 Å². The van der Waals surface area contributed by atoms with Crippen LogP contribution in [0.3, 0.4) is 0 Å². The number of hydrogen-bond donors (Lipinski definition) is 0. The van der Waals surface area contributed by atoms with Gasteiger partial charge in [-0.05, 0) is 67.1 Å². The van der Waals surface area contributed by atoms with Crippen LogP contribution in [0.25, 0.3) is 10.9 Å². The average Bonchev–Trinajstić information content (AvgIpc) is 2.89. The van der Waals surface area contributed by atoms with Gasteiger partial charge in [-0.2, -0.15) is 0 Å². The molecule has 0 spiro atoms. The fraction of sp³-hybridized carbons (Fsp3) is 0.429. The molecule has 2 fully saturated rings. The first-order chi connectivity index (χ1) is 16.7. The molecule has 6 nitrogen and oxygen atoms in total. The zero-order valence-electron chi connectivity index (χ0n) is 19.7. The molecule has 0 bridgehead atoms. The number of benzene rings is 2. The minimum Gasteiger partial charge on any atom is -0.492 e. The lowest BCUT2D eigenvalue weighted by molar-refractivity contribution is 0.0322. The first kappa shape index (κ1) is 22.8. The van der Waals surface area contributed by atoms with E-state index in [1.807, 2.05) is 41.4 Å². The number of rotatable bonds is 7. The van der Waals surface area contributed by atoms with Crippen LogP contribution in [0.15, 0.2) is 60.8 Å². The van der Waals surface area contributed by atoms with Crippen molar-refractivity contribution in [2.45, 2.75) is 19.3 Å². The summed E-state index contributed by atoms with van der Waals surface area (Å²) < 4.78 is 11.4. The zero-order chi connectivity index (χ0) is 23.2. The van der Waals surface area contributed by atoms with Gasteiger partial charge in [-0.1, -0.05) is 18.2 Å². The Labute approximate surface area is 201 Å². The van der Waals surface area contributed by atoms with Crippen LogP contribution in [0.1, 0.15) is 28.8 Å². The Morgan fingerprint density at radius 1 is 1.06 bits per heavy atom. The molecule has 3 aromatic rings. The Kier molecular flexibility index (Phi) is 7.37. The second-order valence-corrected chi connectivity index (χ2v) is 9.32. The largest absolute Gasteiger partial charge is 0.492 e. The van der Waals surface area contributed by atoms with Gasteiger partial charge in [-0.15, -0.1) is 0 Å². The number of carbonyl (C=O) groups is 1. The molecule has 2 aromatic carbocycles. The van der Waals surface area contributed by atoms with Gasteiger partial charge in [0.15, 0.2) is 0 Å². The number of morpholine rings is 1. The van der Waals surface area contributed by atoms with Crippen molar-refractivity contribution in [2.24, 2.45) is 5.92 Å². The van der Waals surface area contributed by atoms with Crippen LogP contribution >= 0.6 is 0 Å². The van der Waals surface area contributed by atoms with E-state index in [9.17, 15) is 4.79 Å². The van der Waals surface area contributed by atoms with Crippen LogP contribution in [0.4, 0.5) is 0 Å². The van der Waals surface area contributed by atoms with E-state index in [2.05, 4.69) is 34.1 Å². The fourth-order valence-corrected chi connectivity index (χ4v) is 5.02. The highest BCUT2D eigenvalue weighted by Crippen LogP contribution is 2.25. The number of nitrogens with zero attached hydrogens (tertiary/aromatic N) is 3. The van der Waals surface area contributed by atoms with E-state index in [1.54, 1.807) is 0 Å². The molecule has 0 radical (unpaired) electrons. The smallest absolute Gasteiger partial charge is 0.253 e. The molecule has 34 heavy (non-hydrogen) atoms. The van der Waals surface area contributed by atoms with Gasteiger partial charge in [0.1, 0.15) is 12.4 Å². The van der Waals surface area contributed by atoms with Gasteiger partial charge in [0, 0.05) is 49.9 Å². The highest BCUT2D eigenvalue weighted by atomic mass is 16.5. The van der Waals surface area contributed by atoms with Crippen molar-refractivity contribution < 1.29 is 14.3 Å². The number of hydrogen-bond acceptors (Lipinski definition) is 5. The van der Waals surface area contributed by atoms with E-state index in [1.165, 1.54) is 10.9 Å². The van der Waals surface area contributed by atoms with Crippen LogP contribution in [0.2, 0.25) is 0 Å². The molecule has 1 aromatic heterocycles. The van der Waals surface area contributed by atoms with Gasteiger partial charge in [-0.3, -0.25) is 14.7 Å². The summed E-state index contributed by atoms with van der Waals surface area (Å²) in [5, 5.41) is 1.18. The van der Waals surface area contributed by atoms with Gasteiger partial charge < -0.3 is 14.4 Å². The molecule has 2 aliphatic heterocycles. The van der Waals surface area contributed by atoms with E-state index in [4.69, 9.17) is 9.47 Å². The Morgan fingerprint density at radius 3 is 2.88 bits per heavy atom. The molecule has 0 aliphatic carbocycles. The third kappa shape index (κ3) is 5.75. The molecular formula is C28H33N3O3. The zero-order valence-corrected chi connectivity index (χ0v) is 19.7. The van der Waals surface area contributed by atoms with E-state index >= 15 is 0 Å². The highest BCUT2D eigenvalue weighted by molar-refractivity contribution is 5.94. The predicted molar refractivity (Wildman–Crippen MR) is 133 cm³/mol. The maximum absolute atomic E-state index is 13.3. The van der Waals surface area contributed by atoms with Crippen molar-refractivity contribution in [3.63, 3.8) is 0 Å². The fourth-order valence-electron chi connectivity index (χ4n) is 5.02. The molecule has 3 heterocycles. The number of fused-ring (bicyclic) bond motifs is 1. The predicted octanol–water partition coefficient (Wildman–Crippen LogP) is 4.04. The monoisotopic (exact) mass is 459 g/mol. The Hall–Kier alpha value is -2.96. The second-order valence-electron chi connectivity index (χ2n) is 9.32. The van der Waals surface area contributed by atoms with Crippen molar-refractivity contribution >= 4 is 16.8 Å². The number of aromatic nitrogens is 1. The molecule has 0 unspecified atom stereocenters. The van der Waals surface area contributed by atoms with Gasteiger partial charge in [0.2, 0.25) is 0 Å². The molecule has 6 heteroatoms. The first-order valence-corrected chi connectivity index (χ1v) is 12.4. The summed E-state index contributed by atoms with van der Waals surface area (Å²) in [6, 6.07) is 18.2. The van der Waals surface area contributed by atoms with Crippen molar-refractivity contribution in [2.75, 3.05) is 52.5 Å². The standard InChI is InChI=1S/C28H33N3O3/c32-28(25-5-1-7-26(20-25)34-17-14-30-12-15-33-16-13-30)31-11-3-4-23(21-31)18-22-8-9-27-24(19-22)6-2-10-29-27/h1-2,5-10,19-20,23H,3-4,11-18,21H2/t23-/m0/s1. The average molecular weight is 460 g/mol. The minimum absolute atomic E-state index is 0.103. The summed E-state index contributed by atoms with van der Waals surface area (Å²) in [5.41, 5.74) is 3.05. The molecular weight excluding hydrogens is 426 g/mol. The van der Waals surface area contributed by atoms with Crippen molar-refractivity contribution in [3.05, 3.63) is 71.9 Å². The van der Waals surface area contributed by atoms with Crippen molar-refractivity contribution in [3.8, 4) is 5.75 Å². The van der Waals surface area contributed by atoms with Crippen LogP contribution in [-0.2, 0) is 11.2 Å². The first-order valence-electron chi connectivity index (χ1n) is 12.4. The Morgan fingerprint density at radius 2 is 1.97 bits per heavy atom. The van der Waals surface area contributed by atoms with Crippen LogP contribution in [0, 0.1) is 5.92 Å². The van der Waals surface area contributed by atoms with Gasteiger partial charge >= 0.3 is 0 Å². The number of amides is 1. The quantitative estimate of drug-likeness (QED) is 0.534. The molecule has 1 amide bonds. The molecule has 5 rings (SSSR count). The summed E-state index contributed by atoms with van der Waals surface area (Å²) in [4.78, 5) is 22.1. The van der Waals surface area contributed by atoms with Crippen molar-refractivity contribution in [1.82, 2.24) is 14.8 Å². The topological polar surface area (TPSA) is 54.9 Å². The summed E-state index contributed by atoms with van der Waals surface area (Å²) >= 11 is 0. The minimum atomic E-state index is 0.103. The van der Waals surface area contributed by atoms with E-state index in [-0.39, 0.29) is 5.91 Å². The summed E-state index contributed by atoms with van der Waals surface area (Å²) in [7, 11) is 0. The van der Waals surface area contributed by atoms with E-state index < -0.39 is 0 Å². The molecule has 0 saturated carbocycles. The number of likely N-dealkylation sites (tertiary alicyclic amines) is 1. The maximum atomic E-state index is 13.3. The lowest BCUT2D eigenvalue weighted by atomic mass is 9.90. The summed E-state index contributed by atoms with van der Waals surface area (Å²) in [5.74, 6) is 1.34. The van der Waals surface area contributed by atoms with Gasteiger partial charge in [0.05, 0.1) is 18.7 Å². The van der Waals surface area contributed by atoms with E-state index in [0.717, 1.165) is 76.5 Å². The Balaban J connectivity index is 1.17. The molecule has 2 aliphatic rings. The number of ether oxygens (including phenoxy) is 2. The molecule has 0 N–H and O–H groups in total. The SMILES string of the molecule is O=C(c1cccc(OCCN2CCOCC2)c1)N1CCC[C@@H](Cc2ccc3ncccc3c2)C1. The normalized spacial score (nSPS) is 19.3. The van der Waals surface area contributed by atoms with Crippen LogP contribution in [0.5, 0.6) is 5.75 Å². The summed E-state index contributed by atoms with van der Waals surface area (Å²) in [6.07, 6.45) is 5.01. The number of pyridine rings is 1. The van der Waals surface area contributed by atoms with E-state index in [0.29, 0.717) is 18.1 Å². The number of piperidine rings is 1. The number of carbonyl (C=O) groups excluding carboxylic acids is 1. The maximum Gasteiger partial charge on any atom is 0.253 e. The molecule has 178 valence electrons. The molecule has 2 saturated heterocycles. The third-order valence-electron chi connectivity index (χ3n) is 6.86. The lowest BCUT2D eigenvalue weighted by Gasteiger charge is -2.33.